The summed E-state index contributed by atoms with van der Waals surface area (Å²) in [6.07, 6.45) is 2.97. The van der Waals surface area contributed by atoms with Gasteiger partial charge in [0.15, 0.2) is 6.61 Å². The standard InChI is InChI=1S/C47H56FN7O7/c1-30-5-4-6-39(48)37(30)26-51-27-38(41(28-51)50(2)3)32-8-10-33(11-9-32)52-21-23-54(24-22-52)43(57)16-7-31-17-19-53(20-18-31)44(58)29-62-34-12-13-35-36(25-34)47(61)55(46(35)60)40-14-15-42(56)49-45(40)59/h4-6,8-13,25,31,38,40-41H,7,14-24,26-29H2,1-3H3,(H,49,56,59)/t38-,40?,41+/m1/s1. The van der Waals surface area contributed by atoms with Crippen molar-refractivity contribution in [2.45, 2.75) is 70.0 Å². The van der Waals surface area contributed by atoms with Crippen LogP contribution in [0, 0.1) is 18.7 Å². The molecule has 6 amide bonds. The third kappa shape index (κ3) is 9.10. The van der Waals surface area contributed by atoms with E-state index < -0.39 is 29.7 Å². The number of hydrogen-bond acceptors (Lipinski definition) is 10. The maximum atomic E-state index is 14.7. The molecule has 0 aliphatic carbocycles. The number of ether oxygens (including phenoxy) is 1. The number of carbonyl (C=O) groups excluding carboxylic acids is 6. The number of amides is 6. The van der Waals surface area contributed by atoms with Crippen molar-refractivity contribution >= 4 is 41.1 Å². The number of benzene rings is 3. The van der Waals surface area contributed by atoms with Crippen LogP contribution in [-0.4, -0.2) is 145 Å². The van der Waals surface area contributed by atoms with Gasteiger partial charge >= 0.3 is 0 Å². The first-order valence-electron chi connectivity index (χ1n) is 21.9. The number of likely N-dealkylation sites (tertiary alicyclic amines) is 2. The molecule has 0 aromatic heterocycles. The molecule has 5 heterocycles. The largest absolute Gasteiger partial charge is 0.484 e. The first kappa shape index (κ1) is 43.0. The molecule has 4 saturated heterocycles. The van der Waals surface area contributed by atoms with Gasteiger partial charge in [-0.05, 0) is 100 Å². The van der Waals surface area contributed by atoms with E-state index in [1.54, 1.807) is 17.0 Å². The van der Waals surface area contributed by atoms with Gasteiger partial charge in [0.1, 0.15) is 17.6 Å². The molecule has 8 rings (SSSR count). The van der Waals surface area contributed by atoms with Crippen LogP contribution in [-0.2, 0) is 25.7 Å². The number of aryl methyl sites for hydroxylation is 1. The summed E-state index contributed by atoms with van der Waals surface area (Å²) in [5.74, 6) is -1.59. The molecule has 3 aromatic carbocycles. The molecule has 62 heavy (non-hydrogen) atoms. The summed E-state index contributed by atoms with van der Waals surface area (Å²) in [5.41, 5.74) is 4.44. The van der Waals surface area contributed by atoms with Crippen LogP contribution < -0.4 is 15.0 Å². The Morgan fingerprint density at radius 1 is 0.823 bits per heavy atom. The number of carbonyl (C=O) groups is 6. The predicted octanol–water partition coefficient (Wildman–Crippen LogP) is 3.81. The maximum absolute atomic E-state index is 14.7. The van der Waals surface area contributed by atoms with E-state index in [-0.39, 0.29) is 54.0 Å². The summed E-state index contributed by atoms with van der Waals surface area (Å²) in [6, 6.07) is 17.8. The van der Waals surface area contributed by atoms with Crippen molar-refractivity contribution < 1.29 is 37.9 Å². The molecule has 328 valence electrons. The Bertz CT molecular complexity index is 2200. The normalized spacial score (nSPS) is 22.4. The quantitative estimate of drug-likeness (QED) is 0.268. The lowest BCUT2D eigenvalue weighted by Gasteiger charge is -2.37. The van der Waals surface area contributed by atoms with Crippen molar-refractivity contribution in [2.75, 3.05) is 78.0 Å². The molecule has 5 aliphatic heterocycles. The van der Waals surface area contributed by atoms with Crippen molar-refractivity contribution in [3.05, 3.63) is 94.3 Å². The number of piperidine rings is 2. The Morgan fingerprint density at radius 2 is 1.53 bits per heavy atom. The van der Waals surface area contributed by atoms with Crippen LogP contribution in [0.2, 0.25) is 0 Å². The van der Waals surface area contributed by atoms with E-state index >= 15 is 0 Å². The van der Waals surface area contributed by atoms with Crippen LogP contribution in [0.1, 0.15) is 81.8 Å². The van der Waals surface area contributed by atoms with Crippen molar-refractivity contribution in [3.63, 3.8) is 0 Å². The second-order valence-electron chi connectivity index (χ2n) is 17.6. The lowest BCUT2D eigenvalue weighted by molar-refractivity contribution is -0.136. The zero-order valence-electron chi connectivity index (χ0n) is 35.8. The molecule has 0 radical (unpaired) electrons. The fourth-order valence-electron chi connectivity index (χ4n) is 9.82. The SMILES string of the molecule is Cc1cccc(F)c1CN1C[C@H](c2ccc(N3CCN(C(=O)CCC4CCN(C(=O)COc5ccc6c(c5)C(=O)N(C5CCC(=O)NC5=O)C6=O)CC4)CC3)cc2)[C@@H](N(C)C)C1. The molecule has 0 saturated carbocycles. The molecule has 15 heteroatoms. The Hall–Kier alpha value is -5.67. The first-order valence-corrected chi connectivity index (χ1v) is 21.9. The van der Waals surface area contributed by atoms with E-state index in [0.717, 1.165) is 67.2 Å². The number of likely N-dealkylation sites (N-methyl/N-ethyl adjacent to an activating group) is 1. The highest BCUT2D eigenvalue weighted by molar-refractivity contribution is 6.23. The Labute approximate surface area is 361 Å². The van der Waals surface area contributed by atoms with Crippen molar-refractivity contribution in [1.29, 1.82) is 0 Å². The number of anilines is 1. The zero-order valence-corrected chi connectivity index (χ0v) is 35.8. The smallest absolute Gasteiger partial charge is 0.262 e. The maximum Gasteiger partial charge on any atom is 0.262 e. The zero-order chi connectivity index (χ0) is 43.7. The molecule has 3 aromatic rings. The van der Waals surface area contributed by atoms with Crippen molar-refractivity contribution in [1.82, 2.24) is 29.8 Å². The summed E-state index contributed by atoms with van der Waals surface area (Å²) in [5, 5.41) is 2.18. The van der Waals surface area contributed by atoms with Crippen LogP contribution in [0.5, 0.6) is 5.75 Å². The fourth-order valence-corrected chi connectivity index (χ4v) is 9.82. The highest BCUT2D eigenvalue weighted by Crippen LogP contribution is 2.34. The molecule has 3 atom stereocenters. The van der Waals surface area contributed by atoms with E-state index in [0.29, 0.717) is 57.0 Å². The van der Waals surface area contributed by atoms with Gasteiger partial charge in [-0.1, -0.05) is 24.3 Å². The van der Waals surface area contributed by atoms with Gasteiger partial charge in [-0.2, -0.15) is 0 Å². The molecule has 1 N–H and O–H groups in total. The third-order valence-electron chi connectivity index (χ3n) is 13.6. The van der Waals surface area contributed by atoms with E-state index in [4.69, 9.17) is 4.74 Å². The van der Waals surface area contributed by atoms with Crippen LogP contribution in [0.15, 0.2) is 60.7 Å². The Morgan fingerprint density at radius 3 is 2.23 bits per heavy atom. The van der Waals surface area contributed by atoms with Gasteiger partial charge in [0.25, 0.3) is 17.7 Å². The second-order valence-corrected chi connectivity index (χ2v) is 17.6. The van der Waals surface area contributed by atoms with Gasteiger partial charge < -0.3 is 24.3 Å². The molecule has 14 nitrogen and oxygen atoms in total. The monoisotopic (exact) mass is 849 g/mol. The van der Waals surface area contributed by atoms with Gasteiger partial charge in [-0.15, -0.1) is 0 Å². The minimum Gasteiger partial charge on any atom is -0.484 e. The summed E-state index contributed by atoms with van der Waals surface area (Å²) >= 11 is 0. The van der Waals surface area contributed by atoms with E-state index in [2.05, 4.69) is 58.4 Å². The van der Waals surface area contributed by atoms with Gasteiger partial charge in [0, 0.05) is 95.0 Å². The van der Waals surface area contributed by atoms with E-state index in [9.17, 15) is 33.2 Å². The van der Waals surface area contributed by atoms with E-state index in [1.165, 1.54) is 23.8 Å². The lowest BCUT2D eigenvalue weighted by Crippen LogP contribution is -2.54. The van der Waals surface area contributed by atoms with Crippen molar-refractivity contribution in [3.8, 4) is 5.75 Å². The number of fused-ring (bicyclic) bond motifs is 1. The van der Waals surface area contributed by atoms with Crippen molar-refractivity contribution in [2.24, 2.45) is 5.92 Å². The Balaban J connectivity index is 0.745. The number of hydrogen-bond donors (Lipinski definition) is 1. The molecule has 4 fully saturated rings. The summed E-state index contributed by atoms with van der Waals surface area (Å²) in [4.78, 5) is 88.1. The van der Waals surface area contributed by atoms with Gasteiger partial charge in [0.05, 0.1) is 11.1 Å². The van der Waals surface area contributed by atoms with E-state index in [1.807, 2.05) is 17.9 Å². The molecule has 5 aliphatic rings. The predicted molar refractivity (Wildman–Crippen MR) is 229 cm³/mol. The van der Waals surface area contributed by atoms with Crippen LogP contribution >= 0.6 is 0 Å². The highest BCUT2D eigenvalue weighted by Gasteiger charge is 2.45. The Kier molecular flexibility index (Phi) is 12.7. The fraction of sp³-hybridized carbons (Fsp3) is 0.489. The highest BCUT2D eigenvalue weighted by atomic mass is 19.1. The number of halogens is 1. The van der Waals surface area contributed by atoms with Gasteiger partial charge in [0.2, 0.25) is 17.7 Å². The van der Waals surface area contributed by atoms with Gasteiger partial charge in [-0.3, -0.25) is 43.9 Å². The van der Waals surface area contributed by atoms with Crippen LogP contribution in [0.4, 0.5) is 10.1 Å². The minimum atomic E-state index is -1.06. The first-order chi connectivity index (χ1) is 29.8. The molecule has 0 spiro atoms. The molecular weight excluding hydrogens is 794 g/mol. The molecule has 0 bridgehead atoms. The molecule has 1 unspecified atom stereocenters. The number of nitrogens with one attached hydrogen (secondary N) is 1. The average molecular weight is 850 g/mol. The van der Waals surface area contributed by atoms with Gasteiger partial charge in [-0.25, -0.2) is 4.39 Å². The summed E-state index contributed by atoms with van der Waals surface area (Å²) in [7, 11) is 4.24. The second kappa shape index (κ2) is 18.4. The third-order valence-corrected chi connectivity index (χ3v) is 13.6. The summed E-state index contributed by atoms with van der Waals surface area (Å²) in [6.45, 7) is 8.13. The lowest BCUT2D eigenvalue weighted by atomic mass is 9.92. The van der Waals surface area contributed by atoms with Crippen LogP contribution in [0.3, 0.4) is 0 Å². The minimum absolute atomic E-state index is 0.0348. The topological polar surface area (TPSA) is 143 Å². The number of imide groups is 2. The number of nitrogens with zero attached hydrogens (tertiary/aromatic N) is 6. The summed E-state index contributed by atoms with van der Waals surface area (Å²) < 4.78 is 20.4. The number of piperazine rings is 1. The molecular formula is C47H56FN7O7. The number of rotatable bonds is 12. The average Bonchev–Trinajstić information content (AvgIpc) is 3.81. The van der Waals surface area contributed by atoms with Crippen LogP contribution in [0.25, 0.3) is 0 Å².